The minimum atomic E-state index is -4.84. The average molecular weight is 399 g/mol. The molecule has 0 aliphatic rings. The molecule has 0 spiro atoms. The van der Waals surface area contributed by atoms with E-state index < -0.39 is 32.2 Å². The van der Waals surface area contributed by atoms with Gasteiger partial charge in [-0.1, -0.05) is 18.2 Å². The van der Waals surface area contributed by atoms with Gasteiger partial charge in [0.05, 0.1) is 20.6 Å². The molecule has 0 N–H and O–H groups in total. The number of rotatable bonds is 5. The highest BCUT2D eigenvalue weighted by molar-refractivity contribution is 8.29. The molecule has 0 atom stereocenters. The zero-order valence-electron chi connectivity index (χ0n) is 13.2. The summed E-state index contributed by atoms with van der Waals surface area (Å²) < 4.78 is 66.6. The minimum absolute atomic E-state index is 0.281. The fourth-order valence-corrected chi connectivity index (χ4v) is 6.69. The van der Waals surface area contributed by atoms with Gasteiger partial charge in [0, 0.05) is 14.7 Å². The van der Waals surface area contributed by atoms with Gasteiger partial charge in [-0.15, -0.1) is 0 Å². The molecule has 0 saturated carbocycles. The summed E-state index contributed by atoms with van der Waals surface area (Å²) in [4.78, 5) is 0.956. The Morgan fingerprint density at radius 2 is 1.00 bits per heavy atom. The van der Waals surface area contributed by atoms with Crippen molar-refractivity contribution < 1.29 is 36.7 Å². The van der Waals surface area contributed by atoms with E-state index in [1.807, 2.05) is 0 Å². The molecular weight excluding hydrogens is 386 g/mol. The standard InChI is InChI=1S/C18H13ClF2O4S/c20-14-6-10-17(11-7-14)26(25-19(22,23)24,16-4-2-1-3-5-16)18-12-8-15(21)9-13-18/h1-13H. The Labute approximate surface area is 152 Å². The van der Waals surface area contributed by atoms with Crippen LogP contribution in [0.3, 0.4) is 0 Å². The molecule has 8 heteroatoms. The lowest BCUT2D eigenvalue weighted by molar-refractivity contribution is -1.91. The predicted molar refractivity (Wildman–Crippen MR) is 82.7 cm³/mol. The molecule has 3 rings (SSSR count). The second-order valence-electron chi connectivity index (χ2n) is 5.22. The van der Waals surface area contributed by atoms with Gasteiger partial charge in [-0.3, -0.25) is 0 Å². The van der Waals surface area contributed by atoms with Crippen molar-refractivity contribution in [2.75, 3.05) is 0 Å². The molecule has 0 aliphatic carbocycles. The molecule has 0 radical (unpaired) electrons. The highest BCUT2D eigenvalue weighted by Gasteiger charge is 2.46. The molecule has 0 amide bonds. The lowest BCUT2D eigenvalue weighted by atomic mass is 10.3. The van der Waals surface area contributed by atoms with E-state index in [1.165, 1.54) is 24.3 Å². The Kier molecular flexibility index (Phi) is 5.29. The van der Waals surface area contributed by atoms with Crippen LogP contribution in [0.1, 0.15) is 0 Å². The monoisotopic (exact) mass is 398 g/mol. The van der Waals surface area contributed by atoms with Crippen molar-refractivity contribution in [3.63, 3.8) is 0 Å². The number of halogens is 3. The number of hydrogen-bond acceptors (Lipinski definition) is 4. The molecular formula is C18H13ClF2O4S. The summed E-state index contributed by atoms with van der Waals surface area (Å²) in [6.07, 6.45) is 0. The van der Waals surface area contributed by atoms with Crippen LogP contribution in [0.2, 0.25) is 0 Å². The van der Waals surface area contributed by atoms with Crippen LogP contribution in [-0.2, 0) is 3.74 Å². The third-order valence-electron chi connectivity index (χ3n) is 3.54. The maximum atomic E-state index is 13.4. The maximum absolute atomic E-state index is 13.4. The normalized spacial score (nSPS) is 12.8. The van der Waals surface area contributed by atoms with E-state index in [2.05, 4.69) is 0 Å². The highest BCUT2D eigenvalue weighted by Crippen LogP contribution is 2.69. The molecule has 0 fully saturated rings. The van der Waals surface area contributed by atoms with Gasteiger partial charge >= 0.3 is 0 Å². The van der Waals surface area contributed by atoms with Crippen molar-refractivity contribution in [2.24, 2.45) is 0 Å². The van der Waals surface area contributed by atoms with Crippen molar-refractivity contribution in [2.45, 2.75) is 14.7 Å². The van der Waals surface area contributed by atoms with Gasteiger partial charge in [0.2, 0.25) is 0 Å². The lowest BCUT2D eigenvalue weighted by Crippen LogP contribution is -2.61. The van der Waals surface area contributed by atoms with Crippen molar-refractivity contribution in [1.29, 1.82) is 0 Å². The van der Waals surface area contributed by atoms with Gasteiger partial charge in [0.25, 0.3) is 0 Å². The summed E-state index contributed by atoms with van der Waals surface area (Å²) in [7, 11) is -7.91. The highest BCUT2D eigenvalue weighted by atomic mass is 35.7. The van der Waals surface area contributed by atoms with Crippen molar-refractivity contribution in [3.8, 4) is 0 Å². The Bertz CT molecular complexity index is 823. The van der Waals surface area contributed by atoms with E-state index in [4.69, 9.17) is 3.74 Å². The van der Waals surface area contributed by atoms with Crippen LogP contribution in [-0.4, -0.2) is 0 Å². The van der Waals surface area contributed by atoms with E-state index in [0.717, 1.165) is 24.3 Å². The van der Waals surface area contributed by atoms with Gasteiger partial charge in [-0.25, -0.2) is 8.78 Å². The van der Waals surface area contributed by atoms with Gasteiger partial charge < -0.3 is 0 Å². The van der Waals surface area contributed by atoms with Crippen LogP contribution in [0, 0.1) is 21.9 Å². The largest absolute Gasteiger partial charge is 0.207 e. The smallest absolute Gasteiger partial charge is 0.134 e. The zero-order valence-corrected chi connectivity index (χ0v) is 14.8. The summed E-state index contributed by atoms with van der Waals surface area (Å²) in [5.41, 5.74) is 0. The first-order chi connectivity index (χ1) is 12.3. The summed E-state index contributed by atoms with van der Waals surface area (Å²) >= 11 is 0. The summed E-state index contributed by atoms with van der Waals surface area (Å²) in [5.74, 6) is -1.06. The molecule has 0 heterocycles. The SMILES string of the molecule is [O-][Cl+3]([O-])([O-])OS(c1ccccc1)(c1ccc(F)cc1)c1ccc(F)cc1. The Morgan fingerprint density at radius 3 is 1.38 bits per heavy atom. The first-order valence-corrected chi connectivity index (χ1v) is 10.1. The quantitative estimate of drug-likeness (QED) is 0.659. The van der Waals surface area contributed by atoms with Crippen molar-refractivity contribution in [3.05, 3.63) is 90.5 Å². The molecule has 3 aromatic carbocycles. The van der Waals surface area contributed by atoms with Crippen LogP contribution in [0.25, 0.3) is 0 Å². The molecule has 0 bridgehead atoms. The van der Waals surface area contributed by atoms with Crippen LogP contribution in [0.5, 0.6) is 0 Å². The van der Waals surface area contributed by atoms with Crippen molar-refractivity contribution in [1.82, 2.24) is 0 Å². The second-order valence-corrected chi connectivity index (χ2v) is 9.00. The first kappa shape index (κ1) is 18.8. The van der Waals surface area contributed by atoms with Crippen molar-refractivity contribution >= 4 is 10.3 Å². The Morgan fingerprint density at radius 1 is 0.615 bits per heavy atom. The Balaban J connectivity index is 2.33. The first-order valence-electron chi connectivity index (χ1n) is 7.33. The fraction of sp³-hybridized carbons (Fsp3) is 0. The zero-order chi connectivity index (χ0) is 18.8. The Hall–Kier alpha value is -2.00. The summed E-state index contributed by atoms with van der Waals surface area (Å²) in [5, 5.41) is 0. The maximum Gasteiger partial charge on any atom is 0.134 e. The lowest BCUT2D eigenvalue weighted by Gasteiger charge is -2.34. The van der Waals surface area contributed by atoms with Gasteiger partial charge in [0.15, 0.2) is 0 Å². The molecule has 0 saturated heterocycles. The molecule has 0 unspecified atom stereocenters. The fourth-order valence-electron chi connectivity index (χ4n) is 2.50. The van der Waals surface area contributed by atoms with Crippen LogP contribution in [0.15, 0.2) is 93.5 Å². The van der Waals surface area contributed by atoms with E-state index in [1.54, 1.807) is 30.3 Å². The molecule has 0 aromatic heterocycles. The molecule has 136 valence electrons. The summed E-state index contributed by atoms with van der Waals surface area (Å²) in [6, 6.07) is 18.2. The minimum Gasteiger partial charge on any atom is -0.207 e. The third kappa shape index (κ3) is 3.88. The van der Waals surface area contributed by atoms with Crippen LogP contribution in [0.4, 0.5) is 8.78 Å². The van der Waals surface area contributed by atoms with E-state index >= 15 is 0 Å². The molecule has 3 aromatic rings. The average Bonchev–Trinajstić information content (AvgIpc) is 2.61. The predicted octanol–water partition coefficient (Wildman–Crippen LogP) is 2.08. The van der Waals surface area contributed by atoms with E-state index in [0.29, 0.717) is 4.90 Å². The van der Waals surface area contributed by atoms with Gasteiger partial charge in [-0.2, -0.15) is 14.0 Å². The van der Waals surface area contributed by atoms with Gasteiger partial charge in [0.1, 0.15) is 15.4 Å². The molecule has 0 aliphatic heterocycles. The van der Waals surface area contributed by atoms with Crippen LogP contribution >= 0.6 is 10.3 Å². The number of benzene rings is 3. The molecule has 26 heavy (non-hydrogen) atoms. The van der Waals surface area contributed by atoms with E-state index in [9.17, 15) is 22.8 Å². The second kappa shape index (κ2) is 7.32. The summed E-state index contributed by atoms with van der Waals surface area (Å²) in [6.45, 7) is 0. The van der Waals surface area contributed by atoms with Gasteiger partial charge in [-0.05, 0) is 60.7 Å². The third-order valence-corrected chi connectivity index (χ3v) is 7.72. The topological polar surface area (TPSA) is 78.4 Å². The van der Waals surface area contributed by atoms with E-state index in [-0.39, 0.29) is 9.79 Å². The molecule has 4 nitrogen and oxygen atoms in total. The number of hydrogen-bond donors (Lipinski definition) is 0. The van der Waals surface area contributed by atoms with Crippen LogP contribution < -0.4 is 14.0 Å².